The SMILES string of the molecule is C[C@H](C(=O)Nc1cc(Cl)cc(Cl)c1)[NH+]1CCN(c2ccccc2)CC1. The lowest BCUT2D eigenvalue weighted by atomic mass is 10.2. The molecule has 2 N–H and O–H groups in total. The number of para-hydroxylation sites is 1. The number of nitrogens with one attached hydrogen (secondary N) is 2. The molecule has 1 fully saturated rings. The Kier molecular flexibility index (Phi) is 5.84. The van der Waals surface area contributed by atoms with Crippen LogP contribution >= 0.6 is 23.2 Å². The van der Waals surface area contributed by atoms with Gasteiger partial charge in [-0.2, -0.15) is 0 Å². The summed E-state index contributed by atoms with van der Waals surface area (Å²) in [5, 5.41) is 3.95. The van der Waals surface area contributed by atoms with Crippen LogP contribution in [0.2, 0.25) is 10.0 Å². The highest BCUT2D eigenvalue weighted by Gasteiger charge is 2.29. The molecule has 132 valence electrons. The van der Waals surface area contributed by atoms with Crippen molar-refractivity contribution in [2.24, 2.45) is 0 Å². The van der Waals surface area contributed by atoms with Crippen LogP contribution in [0.15, 0.2) is 48.5 Å². The van der Waals surface area contributed by atoms with Gasteiger partial charge in [-0.15, -0.1) is 0 Å². The smallest absolute Gasteiger partial charge is 0.282 e. The van der Waals surface area contributed by atoms with Gasteiger partial charge in [0.2, 0.25) is 0 Å². The Morgan fingerprint density at radius 2 is 1.68 bits per heavy atom. The fourth-order valence-corrected chi connectivity index (χ4v) is 3.71. The van der Waals surface area contributed by atoms with Crippen molar-refractivity contribution in [1.29, 1.82) is 0 Å². The van der Waals surface area contributed by atoms with Crippen molar-refractivity contribution in [2.45, 2.75) is 13.0 Å². The highest BCUT2D eigenvalue weighted by molar-refractivity contribution is 6.35. The van der Waals surface area contributed by atoms with Gasteiger partial charge in [-0.1, -0.05) is 41.4 Å². The first kappa shape index (κ1) is 18.1. The Bertz CT molecular complexity index is 710. The van der Waals surface area contributed by atoms with Gasteiger partial charge in [0.05, 0.1) is 26.2 Å². The third-order valence-corrected chi connectivity index (χ3v) is 5.10. The highest BCUT2D eigenvalue weighted by atomic mass is 35.5. The first-order chi connectivity index (χ1) is 12.0. The number of halogens is 2. The predicted molar refractivity (Wildman–Crippen MR) is 104 cm³/mol. The van der Waals surface area contributed by atoms with Gasteiger partial charge in [-0.25, -0.2) is 0 Å². The molecule has 0 unspecified atom stereocenters. The maximum absolute atomic E-state index is 12.6. The van der Waals surface area contributed by atoms with Gasteiger partial charge >= 0.3 is 0 Å². The Balaban J connectivity index is 1.56. The molecule has 2 aromatic carbocycles. The molecular weight excluding hydrogens is 357 g/mol. The summed E-state index contributed by atoms with van der Waals surface area (Å²) in [6, 6.07) is 15.3. The summed E-state index contributed by atoms with van der Waals surface area (Å²) >= 11 is 12.0. The molecule has 1 heterocycles. The number of carbonyl (C=O) groups is 1. The number of hydrogen-bond donors (Lipinski definition) is 2. The highest BCUT2D eigenvalue weighted by Crippen LogP contribution is 2.22. The van der Waals surface area contributed by atoms with Crippen LogP contribution in [0.5, 0.6) is 0 Å². The fourth-order valence-electron chi connectivity index (χ4n) is 3.19. The minimum atomic E-state index is -0.129. The fraction of sp³-hybridized carbons (Fsp3) is 0.316. The van der Waals surface area contributed by atoms with E-state index in [4.69, 9.17) is 23.2 Å². The van der Waals surface area contributed by atoms with Crippen molar-refractivity contribution >= 4 is 40.5 Å². The molecule has 4 nitrogen and oxygen atoms in total. The molecule has 3 rings (SSSR count). The topological polar surface area (TPSA) is 36.8 Å². The quantitative estimate of drug-likeness (QED) is 0.857. The zero-order valence-electron chi connectivity index (χ0n) is 14.1. The van der Waals surface area contributed by atoms with Gasteiger partial charge in [0.15, 0.2) is 6.04 Å². The van der Waals surface area contributed by atoms with E-state index in [1.807, 2.05) is 13.0 Å². The van der Waals surface area contributed by atoms with E-state index in [9.17, 15) is 4.79 Å². The number of piperazine rings is 1. The van der Waals surface area contributed by atoms with Crippen LogP contribution in [0.4, 0.5) is 11.4 Å². The molecule has 0 aromatic heterocycles. The summed E-state index contributed by atoms with van der Waals surface area (Å²) in [6.07, 6.45) is 0. The third kappa shape index (κ3) is 4.66. The standard InChI is InChI=1S/C19H21Cl2N3O/c1-14(19(25)22-17-12-15(20)11-16(21)13-17)23-7-9-24(10-8-23)18-5-3-2-4-6-18/h2-6,11-14H,7-10H2,1H3,(H,22,25)/p+1/t14-/m1/s1. The lowest BCUT2D eigenvalue weighted by molar-refractivity contribution is -0.914. The van der Waals surface area contributed by atoms with E-state index < -0.39 is 0 Å². The largest absolute Gasteiger partial charge is 0.360 e. The molecule has 0 radical (unpaired) electrons. The number of anilines is 2. The molecule has 0 bridgehead atoms. The monoisotopic (exact) mass is 378 g/mol. The number of hydrogen-bond acceptors (Lipinski definition) is 2. The lowest BCUT2D eigenvalue weighted by Crippen LogP contribution is -3.19. The molecule has 1 aliphatic heterocycles. The summed E-state index contributed by atoms with van der Waals surface area (Å²) < 4.78 is 0. The molecule has 0 spiro atoms. The van der Waals surface area contributed by atoms with E-state index in [1.165, 1.54) is 10.6 Å². The molecule has 0 aliphatic carbocycles. The molecule has 6 heteroatoms. The van der Waals surface area contributed by atoms with Crippen LogP contribution < -0.4 is 15.1 Å². The molecular formula is C19H22Cl2N3O+. The van der Waals surface area contributed by atoms with E-state index in [2.05, 4.69) is 34.5 Å². The number of carbonyl (C=O) groups excluding carboxylic acids is 1. The summed E-state index contributed by atoms with van der Waals surface area (Å²) in [6.45, 7) is 5.72. The number of rotatable bonds is 4. The second kappa shape index (κ2) is 8.09. The van der Waals surface area contributed by atoms with Crippen LogP contribution in [0, 0.1) is 0 Å². The van der Waals surface area contributed by atoms with Crippen molar-refractivity contribution < 1.29 is 9.69 Å². The van der Waals surface area contributed by atoms with Gasteiger partial charge in [-0.05, 0) is 37.3 Å². The molecule has 2 aromatic rings. The second-order valence-corrected chi connectivity index (χ2v) is 7.22. The van der Waals surface area contributed by atoms with E-state index in [-0.39, 0.29) is 11.9 Å². The number of amides is 1. The van der Waals surface area contributed by atoms with Gasteiger partial charge in [0, 0.05) is 21.4 Å². The zero-order chi connectivity index (χ0) is 17.8. The predicted octanol–water partition coefficient (Wildman–Crippen LogP) is 2.73. The molecule has 1 saturated heterocycles. The minimum Gasteiger partial charge on any atom is -0.360 e. The van der Waals surface area contributed by atoms with Crippen molar-refractivity contribution in [3.05, 3.63) is 58.6 Å². The third-order valence-electron chi connectivity index (χ3n) is 4.66. The number of benzene rings is 2. The van der Waals surface area contributed by atoms with E-state index >= 15 is 0 Å². The molecule has 1 aliphatic rings. The van der Waals surface area contributed by atoms with Gasteiger partial charge in [0.1, 0.15) is 0 Å². The van der Waals surface area contributed by atoms with Gasteiger partial charge < -0.3 is 15.1 Å². The zero-order valence-corrected chi connectivity index (χ0v) is 15.6. The van der Waals surface area contributed by atoms with Crippen LogP contribution in [0.1, 0.15) is 6.92 Å². The molecule has 1 amide bonds. The van der Waals surface area contributed by atoms with Crippen molar-refractivity contribution in [3.8, 4) is 0 Å². The Labute approximate surface area is 158 Å². The maximum atomic E-state index is 12.6. The second-order valence-electron chi connectivity index (χ2n) is 6.35. The normalized spacial score (nSPS) is 16.5. The van der Waals surface area contributed by atoms with Crippen molar-refractivity contribution in [3.63, 3.8) is 0 Å². The Morgan fingerprint density at radius 3 is 2.28 bits per heavy atom. The summed E-state index contributed by atoms with van der Waals surface area (Å²) in [5.41, 5.74) is 1.88. The van der Waals surface area contributed by atoms with Crippen LogP contribution in [-0.4, -0.2) is 38.1 Å². The average molecular weight is 379 g/mol. The maximum Gasteiger partial charge on any atom is 0.282 e. The van der Waals surface area contributed by atoms with Gasteiger partial charge in [0.25, 0.3) is 5.91 Å². The van der Waals surface area contributed by atoms with Crippen LogP contribution in [0.3, 0.4) is 0 Å². The summed E-state index contributed by atoms with van der Waals surface area (Å²) in [7, 11) is 0. The van der Waals surface area contributed by atoms with Crippen LogP contribution in [0.25, 0.3) is 0 Å². The number of nitrogens with zero attached hydrogens (tertiary/aromatic N) is 1. The Morgan fingerprint density at radius 1 is 1.08 bits per heavy atom. The molecule has 25 heavy (non-hydrogen) atoms. The van der Waals surface area contributed by atoms with Gasteiger partial charge in [-0.3, -0.25) is 4.79 Å². The molecule has 0 saturated carbocycles. The summed E-state index contributed by atoms with van der Waals surface area (Å²) in [5.74, 6) is -0.0125. The lowest BCUT2D eigenvalue weighted by Gasteiger charge is -2.36. The first-order valence-electron chi connectivity index (χ1n) is 8.44. The van der Waals surface area contributed by atoms with E-state index in [1.54, 1.807) is 18.2 Å². The van der Waals surface area contributed by atoms with Crippen LogP contribution in [-0.2, 0) is 4.79 Å². The number of quaternary nitrogens is 1. The van der Waals surface area contributed by atoms with Crippen molar-refractivity contribution in [1.82, 2.24) is 0 Å². The molecule has 1 atom stereocenters. The van der Waals surface area contributed by atoms with Crippen molar-refractivity contribution in [2.75, 3.05) is 36.4 Å². The summed E-state index contributed by atoms with van der Waals surface area (Å²) in [4.78, 5) is 16.2. The Hall–Kier alpha value is -1.75. The first-order valence-corrected chi connectivity index (χ1v) is 9.20. The average Bonchev–Trinajstić information content (AvgIpc) is 2.61. The van der Waals surface area contributed by atoms with E-state index in [0.717, 1.165) is 26.2 Å². The minimum absolute atomic E-state index is 0.0125. The van der Waals surface area contributed by atoms with E-state index in [0.29, 0.717) is 15.7 Å².